The molecule has 1 aromatic heterocycles. The molecular weight excluding hydrogens is 307 g/mol. The molecule has 0 atom stereocenters. The zero-order valence-electron chi connectivity index (χ0n) is 10.5. The maximum atomic E-state index is 12.3. The van der Waals surface area contributed by atoms with Gasteiger partial charge in [0.05, 0.1) is 5.88 Å². The largest absolute Gasteiger partial charge is 0.465 e. The van der Waals surface area contributed by atoms with Gasteiger partial charge < -0.3 is 4.42 Å². The topological polar surface area (TPSA) is 50.5 Å². The number of sulfonamides is 1. The molecule has 0 amide bonds. The van der Waals surface area contributed by atoms with Gasteiger partial charge in [0.25, 0.3) is 0 Å². The van der Waals surface area contributed by atoms with E-state index in [4.69, 9.17) is 16.0 Å². The van der Waals surface area contributed by atoms with Crippen LogP contribution in [-0.4, -0.2) is 32.5 Å². The average Bonchev–Trinajstić information content (AvgIpc) is 2.50. The lowest BCUT2D eigenvalue weighted by atomic mass is 10.3. The molecule has 0 unspecified atom stereocenters. The second kappa shape index (κ2) is 5.34. The van der Waals surface area contributed by atoms with Gasteiger partial charge in [-0.2, -0.15) is 17.5 Å². The van der Waals surface area contributed by atoms with Crippen LogP contribution in [0.1, 0.15) is 17.1 Å². The van der Waals surface area contributed by atoms with Crippen molar-refractivity contribution in [3.05, 3.63) is 17.1 Å². The molecule has 0 aromatic carbocycles. The first-order chi connectivity index (χ1) is 8.50. The quantitative estimate of drug-likeness (QED) is 0.802. The summed E-state index contributed by atoms with van der Waals surface area (Å²) in [6, 6.07) is 0. The summed E-state index contributed by atoms with van der Waals surface area (Å²) in [7, 11) is -3.43. The fourth-order valence-corrected chi connectivity index (χ4v) is 3.66. The lowest BCUT2D eigenvalue weighted by Gasteiger charge is -2.19. The maximum absolute atomic E-state index is 12.3. The summed E-state index contributed by atoms with van der Waals surface area (Å²) in [5.74, 6) is 0.158. The van der Waals surface area contributed by atoms with E-state index in [1.807, 2.05) is 0 Å². The Morgan fingerprint density at radius 2 is 1.79 bits per heavy atom. The van der Waals surface area contributed by atoms with Crippen molar-refractivity contribution >= 4 is 21.6 Å². The molecule has 1 aromatic rings. The molecule has 0 aliphatic rings. The van der Waals surface area contributed by atoms with Gasteiger partial charge in [-0.05, 0) is 13.8 Å². The summed E-state index contributed by atoms with van der Waals surface area (Å²) in [5.41, 5.74) is 0.188. The van der Waals surface area contributed by atoms with Crippen molar-refractivity contribution in [2.24, 2.45) is 0 Å². The van der Waals surface area contributed by atoms with Crippen molar-refractivity contribution in [2.75, 3.05) is 13.6 Å². The Balaban J connectivity index is 3.28. The summed E-state index contributed by atoms with van der Waals surface area (Å²) < 4.78 is 66.5. The molecule has 0 radical (unpaired) electrons. The van der Waals surface area contributed by atoms with Crippen LogP contribution in [-0.2, 0) is 15.9 Å². The number of rotatable bonds is 4. The highest BCUT2D eigenvalue weighted by Gasteiger charge is 2.37. The summed E-state index contributed by atoms with van der Waals surface area (Å²) in [6.07, 6.45) is -4.62. The number of aryl methyl sites for hydroxylation is 2. The third-order valence-electron chi connectivity index (χ3n) is 2.53. The van der Waals surface area contributed by atoms with Crippen molar-refractivity contribution in [3.8, 4) is 0 Å². The highest BCUT2D eigenvalue weighted by molar-refractivity contribution is 7.89. The van der Waals surface area contributed by atoms with Crippen LogP contribution in [0.25, 0.3) is 0 Å². The van der Waals surface area contributed by atoms with Crippen LogP contribution < -0.4 is 0 Å². The predicted molar refractivity (Wildman–Crippen MR) is 63.6 cm³/mol. The lowest BCUT2D eigenvalue weighted by molar-refractivity contribution is -0.134. The standard InChI is InChI=1S/C10H13ClF3NO3S/c1-6-8(4-11)9(7(2)18-6)19(16,17)15(3)5-10(12,13)14/h4-5H2,1-3H3. The molecule has 0 saturated carbocycles. The molecule has 0 fully saturated rings. The van der Waals surface area contributed by atoms with Gasteiger partial charge in [-0.15, -0.1) is 11.6 Å². The summed E-state index contributed by atoms with van der Waals surface area (Å²) in [6.45, 7) is 1.31. The van der Waals surface area contributed by atoms with Crippen molar-refractivity contribution in [3.63, 3.8) is 0 Å². The van der Waals surface area contributed by atoms with E-state index < -0.39 is 22.7 Å². The minimum absolute atomic E-state index is 0.0298. The van der Waals surface area contributed by atoms with Gasteiger partial charge in [0.15, 0.2) is 0 Å². The minimum atomic E-state index is -4.62. The predicted octanol–water partition coefficient (Wildman–Crippen LogP) is 2.82. The van der Waals surface area contributed by atoms with Gasteiger partial charge >= 0.3 is 6.18 Å². The van der Waals surface area contributed by atoms with E-state index in [1.165, 1.54) is 13.8 Å². The van der Waals surface area contributed by atoms with Gasteiger partial charge in [-0.25, -0.2) is 8.42 Å². The van der Waals surface area contributed by atoms with E-state index in [-0.39, 0.29) is 32.2 Å². The summed E-state index contributed by atoms with van der Waals surface area (Å²) in [5, 5.41) is 0. The van der Waals surface area contributed by atoms with Gasteiger partial charge in [-0.3, -0.25) is 0 Å². The van der Waals surface area contributed by atoms with Crippen LogP contribution >= 0.6 is 11.6 Å². The van der Waals surface area contributed by atoms with Gasteiger partial charge in [0.2, 0.25) is 10.0 Å². The number of alkyl halides is 4. The van der Waals surface area contributed by atoms with E-state index >= 15 is 0 Å². The van der Waals surface area contributed by atoms with Crippen molar-refractivity contribution < 1.29 is 26.0 Å². The molecule has 0 aliphatic carbocycles. The molecule has 19 heavy (non-hydrogen) atoms. The Bertz CT molecular complexity index is 565. The molecule has 4 nitrogen and oxygen atoms in total. The Labute approximate surface area is 114 Å². The normalized spacial score (nSPS) is 13.3. The van der Waals surface area contributed by atoms with E-state index in [0.717, 1.165) is 7.05 Å². The molecular formula is C10H13ClF3NO3S. The molecule has 0 aliphatic heterocycles. The number of halogens is 4. The number of nitrogens with zero attached hydrogens (tertiary/aromatic N) is 1. The molecule has 9 heteroatoms. The first kappa shape index (κ1) is 16.3. The van der Waals surface area contributed by atoms with E-state index in [1.54, 1.807) is 0 Å². The Kier molecular flexibility index (Phi) is 4.58. The van der Waals surface area contributed by atoms with Crippen LogP contribution in [0.5, 0.6) is 0 Å². The second-order valence-corrected chi connectivity index (χ2v) is 6.28. The highest BCUT2D eigenvalue weighted by atomic mass is 35.5. The zero-order valence-corrected chi connectivity index (χ0v) is 12.1. The first-order valence-electron chi connectivity index (χ1n) is 5.18. The first-order valence-corrected chi connectivity index (χ1v) is 7.16. The molecule has 110 valence electrons. The van der Waals surface area contributed by atoms with Crippen molar-refractivity contribution in [2.45, 2.75) is 30.8 Å². The van der Waals surface area contributed by atoms with Gasteiger partial charge in [-0.1, -0.05) is 0 Å². The molecule has 0 N–H and O–H groups in total. The van der Waals surface area contributed by atoms with E-state index in [9.17, 15) is 21.6 Å². The zero-order chi connectivity index (χ0) is 15.0. The Morgan fingerprint density at radius 1 is 1.26 bits per heavy atom. The Morgan fingerprint density at radius 3 is 2.21 bits per heavy atom. The molecule has 0 saturated heterocycles. The smallest absolute Gasteiger partial charge is 0.402 e. The number of furan rings is 1. The molecule has 0 spiro atoms. The van der Waals surface area contributed by atoms with Crippen LogP contribution in [0.2, 0.25) is 0 Å². The Hall–Kier alpha value is -0.730. The number of hydrogen-bond donors (Lipinski definition) is 0. The van der Waals surface area contributed by atoms with Crippen molar-refractivity contribution in [1.29, 1.82) is 0 Å². The molecule has 0 bridgehead atoms. The monoisotopic (exact) mass is 319 g/mol. The highest BCUT2D eigenvalue weighted by Crippen LogP contribution is 2.31. The minimum Gasteiger partial charge on any atom is -0.465 e. The maximum Gasteiger partial charge on any atom is 0.402 e. The van der Waals surface area contributed by atoms with Crippen LogP contribution in [0.3, 0.4) is 0 Å². The average molecular weight is 320 g/mol. The fraction of sp³-hybridized carbons (Fsp3) is 0.600. The van der Waals surface area contributed by atoms with Crippen LogP contribution in [0.15, 0.2) is 9.31 Å². The third kappa shape index (κ3) is 3.43. The van der Waals surface area contributed by atoms with Gasteiger partial charge in [0, 0.05) is 12.6 Å². The van der Waals surface area contributed by atoms with Gasteiger partial charge in [0.1, 0.15) is 23.0 Å². The van der Waals surface area contributed by atoms with E-state index in [2.05, 4.69) is 0 Å². The third-order valence-corrected chi connectivity index (χ3v) is 4.80. The van der Waals surface area contributed by atoms with Crippen LogP contribution in [0.4, 0.5) is 13.2 Å². The fourth-order valence-electron chi connectivity index (χ4n) is 1.70. The SMILES string of the molecule is Cc1oc(C)c(S(=O)(=O)N(C)CC(F)(F)F)c1CCl. The van der Waals surface area contributed by atoms with E-state index in [0.29, 0.717) is 0 Å². The summed E-state index contributed by atoms with van der Waals surface area (Å²) >= 11 is 5.63. The molecule has 1 rings (SSSR count). The van der Waals surface area contributed by atoms with Crippen LogP contribution in [0, 0.1) is 13.8 Å². The second-order valence-electron chi connectivity index (χ2n) is 4.03. The lowest BCUT2D eigenvalue weighted by Crippen LogP contribution is -2.36. The van der Waals surface area contributed by atoms with Crippen molar-refractivity contribution in [1.82, 2.24) is 4.31 Å². The summed E-state index contributed by atoms with van der Waals surface area (Å²) in [4.78, 5) is -0.285. The number of hydrogen-bond acceptors (Lipinski definition) is 3. The molecule has 1 heterocycles.